The van der Waals surface area contributed by atoms with Gasteiger partial charge in [-0.25, -0.2) is 8.42 Å². The van der Waals surface area contributed by atoms with Gasteiger partial charge in [-0.2, -0.15) is 12.7 Å². The van der Waals surface area contributed by atoms with E-state index in [1.165, 1.54) is 37.3 Å². The second kappa shape index (κ2) is 15.1. The average Bonchev–Trinajstić information content (AvgIpc) is 2.90. The Labute approximate surface area is 246 Å². The van der Waals surface area contributed by atoms with Crippen LogP contribution in [0, 0.1) is 6.92 Å². The Kier molecular flexibility index (Phi) is 12.5. The molecular weight excluding hydrogens is 600 g/mol. The molecular formula is C25H35ClN4O9S2. The number of rotatable bonds is 13. The quantitative estimate of drug-likeness (QED) is 0.0820. The van der Waals surface area contributed by atoms with Crippen LogP contribution in [-0.4, -0.2) is 65.5 Å². The molecule has 0 aromatic heterocycles. The highest BCUT2D eigenvalue weighted by Crippen LogP contribution is 2.30. The van der Waals surface area contributed by atoms with E-state index >= 15 is 0 Å². The first-order chi connectivity index (χ1) is 19.0. The van der Waals surface area contributed by atoms with Crippen molar-refractivity contribution < 1.29 is 40.1 Å². The second-order valence-electron chi connectivity index (χ2n) is 8.87. The summed E-state index contributed by atoms with van der Waals surface area (Å²) in [5.41, 5.74) is 10.5. The van der Waals surface area contributed by atoms with Crippen molar-refractivity contribution in [1.82, 2.24) is 4.31 Å². The highest BCUT2D eigenvalue weighted by atomic mass is 35.5. The molecule has 0 bridgehead atoms. The Balaban J connectivity index is 0.00000588. The number of oxime groups is 1. The summed E-state index contributed by atoms with van der Waals surface area (Å²) in [5, 5.41) is 3.39. The van der Waals surface area contributed by atoms with Crippen molar-refractivity contribution in [3.8, 4) is 11.5 Å². The molecule has 1 atom stereocenters. The Hall–Kier alpha value is -3.27. The van der Waals surface area contributed by atoms with Gasteiger partial charge < -0.3 is 30.0 Å². The lowest BCUT2D eigenvalue weighted by atomic mass is 10.1. The van der Waals surface area contributed by atoms with E-state index in [1.54, 1.807) is 19.1 Å². The molecule has 13 nitrogen and oxygen atoms in total. The van der Waals surface area contributed by atoms with E-state index in [-0.39, 0.29) is 65.8 Å². The lowest BCUT2D eigenvalue weighted by molar-refractivity contribution is -0.148. The van der Waals surface area contributed by atoms with Crippen LogP contribution < -0.4 is 20.4 Å². The van der Waals surface area contributed by atoms with E-state index in [9.17, 15) is 21.6 Å². The Morgan fingerprint density at radius 3 is 2.46 bits per heavy atom. The number of carbonyl (C=O) groups is 1. The molecule has 2 aromatic carbocycles. The molecule has 0 aliphatic carbocycles. The number of nitrogens with two attached hydrogens (primary N) is 2. The molecule has 0 amide bonds. The summed E-state index contributed by atoms with van der Waals surface area (Å²) < 4.78 is 70.0. The van der Waals surface area contributed by atoms with Gasteiger partial charge in [0.05, 0.1) is 18.1 Å². The van der Waals surface area contributed by atoms with Crippen LogP contribution in [0.4, 0.5) is 0 Å². The highest BCUT2D eigenvalue weighted by molar-refractivity contribution is 7.89. The van der Waals surface area contributed by atoms with Gasteiger partial charge in [0.25, 0.3) is 0 Å². The van der Waals surface area contributed by atoms with E-state index < -0.39 is 32.2 Å². The molecule has 0 spiro atoms. The highest BCUT2D eigenvalue weighted by Gasteiger charge is 2.39. The van der Waals surface area contributed by atoms with Crippen LogP contribution in [0.2, 0.25) is 0 Å². The number of hydrogen-bond donors (Lipinski definition) is 2. The number of esters is 1. The summed E-state index contributed by atoms with van der Waals surface area (Å²) in [6.45, 7) is 3.89. The summed E-state index contributed by atoms with van der Waals surface area (Å²) in [5.74, 6) is -0.412. The van der Waals surface area contributed by atoms with Crippen LogP contribution in [0.15, 0.2) is 57.4 Å². The standard InChI is InChI=1S/C25H34N4O9S2.ClH/c1-3-35-24(30)22-10-4-5-13-29(22)39(31,32)21-11-12-23(18(2)16-21)40(33,34)38-20-9-6-8-19(17-20)36-14-7-15-37-28-25(26)27;/h6,8-9,11-12,16-17,22H,3-5,7,10,13-15H2,1-2H3,(H4,26,27,28);1H. The first kappa shape index (κ1) is 33.9. The van der Waals surface area contributed by atoms with Gasteiger partial charge in [-0.3, -0.25) is 4.79 Å². The van der Waals surface area contributed by atoms with Gasteiger partial charge in [0.15, 0.2) is 0 Å². The van der Waals surface area contributed by atoms with Gasteiger partial charge in [-0.15, -0.1) is 12.4 Å². The van der Waals surface area contributed by atoms with Crippen molar-refractivity contribution in [3.63, 3.8) is 0 Å². The van der Waals surface area contributed by atoms with Crippen LogP contribution in [0.25, 0.3) is 0 Å². The summed E-state index contributed by atoms with van der Waals surface area (Å²) in [6.07, 6.45) is 2.12. The molecule has 0 saturated carbocycles. The second-order valence-corrected chi connectivity index (χ2v) is 12.3. The third-order valence-corrected chi connectivity index (χ3v) is 9.18. The molecule has 1 fully saturated rings. The summed E-state index contributed by atoms with van der Waals surface area (Å²) in [6, 6.07) is 8.76. The zero-order valence-electron chi connectivity index (χ0n) is 22.7. The van der Waals surface area contributed by atoms with Crippen molar-refractivity contribution >= 4 is 44.5 Å². The number of guanidine groups is 1. The van der Waals surface area contributed by atoms with Gasteiger partial charge in [-0.1, -0.05) is 6.07 Å². The zero-order valence-corrected chi connectivity index (χ0v) is 25.2. The maximum Gasteiger partial charge on any atom is 0.339 e. The third kappa shape index (κ3) is 9.11. The molecule has 1 aliphatic rings. The number of aryl methyl sites for hydroxylation is 1. The van der Waals surface area contributed by atoms with Crippen molar-refractivity contribution in [3.05, 3.63) is 48.0 Å². The SMILES string of the molecule is CCOC(=O)C1CCCCN1S(=O)(=O)c1ccc(S(=O)(=O)Oc2cccc(OCCCON=C(N)N)c2)c(C)c1.Cl. The number of nitrogens with zero attached hydrogens (tertiary/aromatic N) is 2. The fourth-order valence-corrected chi connectivity index (χ4v) is 6.95. The summed E-state index contributed by atoms with van der Waals surface area (Å²) in [7, 11) is -8.41. The predicted octanol–water partition coefficient (Wildman–Crippen LogP) is 2.26. The molecule has 4 N–H and O–H groups in total. The first-order valence-corrected chi connectivity index (χ1v) is 15.5. The van der Waals surface area contributed by atoms with E-state index in [4.69, 9.17) is 30.0 Å². The van der Waals surface area contributed by atoms with Crippen LogP contribution in [0.3, 0.4) is 0 Å². The van der Waals surface area contributed by atoms with Gasteiger partial charge >= 0.3 is 16.1 Å². The first-order valence-electron chi connectivity index (χ1n) is 12.6. The third-order valence-electron chi connectivity index (χ3n) is 5.86. The van der Waals surface area contributed by atoms with Crippen molar-refractivity contribution in [1.29, 1.82) is 0 Å². The van der Waals surface area contributed by atoms with Crippen LogP contribution in [-0.2, 0) is 34.5 Å². The van der Waals surface area contributed by atoms with Crippen LogP contribution >= 0.6 is 12.4 Å². The van der Waals surface area contributed by atoms with Crippen LogP contribution in [0.5, 0.6) is 11.5 Å². The monoisotopic (exact) mass is 634 g/mol. The fraction of sp³-hybridized carbons (Fsp3) is 0.440. The topological polar surface area (TPSA) is 190 Å². The Bertz CT molecular complexity index is 1430. The molecule has 16 heteroatoms. The minimum atomic E-state index is -4.32. The number of halogens is 1. The maximum absolute atomic E-state index is 13.4. The molecule has 1 saturated heterocycles. The van der Waals surface area contributed by atoms with Gasteiger partial charge in [0.1, 0.15) is 29.0 Å². The molecule has 3 rings (SSSR count). The lowest BCUT2D eigenvalue weighted by Crippen LogP contribution is -2.48. The normalized spacial score (nSPS) is 15.7. The summed E-state index contributed by atoms with van der Waals surface area (Å²) in [4.78, 5) is 16.9. The average molecular weight is 635 g/mol. The van der Waals surface area contributed by atoms with Crippen molar-refractivity contribution in [2.24, 2.45) is 16.6 Å². The largest absolute Gasteiger partial charge is 0.493 e. The fourth-order valence-electron chi connectivity index (χ4n) is 4.09. The number of ether oxygens (including phenoxy) is 2. The molecule has 2 aromatic rings. The molecule has 1 aliphatic heterocycles. The molecule has 1 heterocycles. The van der Waals surface area contributed by atoms with E-state index in [2.05, 4.69) is 5.16 Å². The predicted molar refractivity (Wildman–Crippen MR) is 153 cm³/mol. The van der Waals surface area contributed by atoms with Crippen molar-refractivity contribution in [2.75, 3.05) is 26.4 Å². The Morgan fingerprint density at radius 1 is 1.05 bits per heavy atom. The molecule has 0 radical (unpaired) electrons. The summed E-state index contributed by atoms with van der Waals surface area (Å²) >= 11 is 0. The minimum absolute atomic E-state index is 0. The number of hydrogen-bond acceptors (Lipinski definition) is 10. The smallest absolute Gasteiger partial charge is 0.339 e. The van der Waals surface area contributed by atoms with Crippen molar-refractivity contribution in [2.45, 2.75) is 55.4 Å². The van der Waals surface area contributed by atoms with Gasteiger partial charge in [0, 0.05) is 19.0 Å². The van der Waals surface area contributed by atoms with E-state index in [0.29, 0.717) is 31.4 Å². The lowest BCUT2D eigenvalue weighted by Gasteiger charge is -2.33. The zero-order chi connectivity index (χ0) is 29.3. The van der Waals surface area contributed by atoms with E-state index in [0.717, 1.165) is 4.31 Å². The van der Waals surface area contributed by atoms with Gasteiger partial charge in [-0.05, 0) is 74.2 Å². The minimum Gasteiger partial charge on any atom is -0.493 e. The van der Waals surface area contributed by atoms with E-state index in [1.807, 2.05) is 0 Å². The number of piperidine rings is 1. The number of benzene rings is 2. The molecule has 1 unspecified atom stereocenters. The maximum atomic E-state index is 13.4. The Morgan fingerprint density at radius 2 is 1.78 bits per heavy atom. The number of carbonyl (C=O) groups excluding carboxylic acids is 1. The number of sulfonamides is 1. The molecule has 228 valence electrons. The molecule has 41 heavy (non-hydrogen) atoms. The van der Waals surface area contributed by atoms with Gasteiger partial charge in [0.2, 0.25) is 16.0 Å². The van der Waals surface area contributed by atoms with Crippen LogP contribution in [0.1, 0.15) is 38.2 Å².